The highest BCUT2D eigenvalue weighted by Gasteiger charge is 2.62. The van der Waals surface area contributed by atoms with E-state index in [1.54, 1.807) is 42.5 Å². The SMILES string of the molecule is C=C[C@@H]1C[C@]1(NC(=O)[C@@H]1C[C@@H](Oc2ncc(OC)c3ccc(Cl)cc23)CN1C(=O)C(Nc1ccc(C(=O)CC(C)(C)c2ccccc2)cc1)C(C)(C)C)C(=O)NS(=O)(=O)C1CC1. The third-order valence-electron chi connectivity index (χ3n) is 12.2. The molecule has 13 nitrogen and oxygen atoms in total. The van der Waals surface area contributed by atoms with Crippen LogP contribution in [-0.2, 0) is 29.8 Å². The van der Waals surface area contributed by atoms with Gasteiger partial charge in [0.2, 0.25) is 27.7 Å². The number of ketones is 1. The number of pyridine rings is 1. The summed E-state index contributed by atoms with van der Waals surface area (Å²) in [5.74, 6) is -1.70. The molecule has 2 saturated carbocycles. The molecule has 3 fully saturated rings. The van der Waals surface area contributed by atoms with Crippen LogP contribution in [0.25, 0.3) is 10.8 Å². The molecule has 0 radical (unpaired) electrons. The topological polar surface area (TPSA) is 173 Å². The van der Waals surface area contributed by atoms with Crippen LogP contribution in [0.3, 0.4) is 0 Å². The van der Waals surface area contributed by atoms with E-state index in [2.05, 4.69) is 26.9 Å². The highest BCUT2D eigenvalue weighted by atomic mass is 35.5. The lowest BCUT2D eigenvalue weighted by molar-refractivity contribution is -0.141. The Labute approximate surface area is 368 Å². The molecule has 1 saturated heterocycles. The van der Waals surface area contributed by atoms with Crippen molar-refractivity contribution in [3.8, 4) is 11.6 Å². The summed E-state index contributed by atoms with van der Waals surface area (Å²) in [5.41, 5.74) is -0.442. The average molecular weight is 884 g/mol. The van der Waals surface area contributed by atoms with Gasteiger partial charge in [0.15, 0.2) is 5.78 Å². The first-order valence-electron chi connectivity index (χ1n) is 20.8. The van der Waals surface area contributed by atoms with Gasteiger partial charge in [-0.25, -0.2) is 13.4 Å². The van der Waals surface area contributed by atoms with E-state index in [0.29, 0.717) is 52.1 Å². The van der Waals surface area contributed by atoms with Crippen LogP contribution in [0.5, 0.6) is 11.6 Å². The van der Waals surface area contributed by atoms with Gasteiger partial charge in [0.25, 0.3) is 5.91 Å². The first kappa shape index (κ1) is 44.6. The molecule has 3 aromatic carbocycles. The predicted octanol–water partition coefficient (Wildman–Crippen LogP) is 6.99. The van der Waals surface area contributed by atoms with Crippen molar-refractivity contribution in [3.63, 3.8) is 0 Å². The van der Waals surface area contributed by atoms with Gasteiger partial charge in [0.1, 0.15) is 29.5 Å². The van der Waals surface area contributed by atoms with Gasteiger partial charge >= 0.3 is 0 Å². The molecule has 3 aliphatic rings. The van der Waals surface area contributed by atoms with Crippen LogP contribution in [0.15, 0.2) is 91.6 Å². The Hall–Kier alpha value is -5.47. The molecular formula is C47H54ClN5O8S. The second-order valence-electron chi connectivity index (χ2n) is 18.4. The number of amides is 3. The number of aromatic nitrogens is 1. The zero-order chi connectivity index (χ0) is 44.8. The van der Waals surface area contributed by atoms with Crippen LogP contribution in [0.4, 0.5) is 5.69 Å². The number of halogens is 1. The third kappa shape index (κ3) is 9.31. The van der Waals surface area contributed by atoms with Gasteiger partial charge in [0.05, 0.1) is 25.1 Å². The number of fused-ring (bicyclic) bond motifs is 1. The van der Waals surface area contributed by atoms with Gasteiger partial charge < -0.3 is 25.0 Å². The molecular weight excluding hydrogens is 830 g/mol. The first-order valence-corrected chi connectivity index (χ1v) is 22.7. The summed E-state index contributed by atoms with van der Waals surface area (Å²) in [7, 11) is -2.39. The molecule has 0 bridgehead atoms. The summed E-state index contributed by atoms with van der Waals surface area (Å²) in [6, 6.07) is 20.1. The summed E-state index contributed by atoms with van der Waals surface area (Å²) < 4.78 is 39.8. The molecule has 3 N–H and O–H groups in total. The van der Waals surface area contributed by atoms with Crippen LogP contribution in [-0.4, -0.2) is 84.4 Å². The van der Waals surface area contributed by atoms with E-state index < -0.39 is 68.1 Å². The van der Waals surface area contributed by atoms with Gasteiger partial charge in [-0.2, -0.15) is 0 Å². The van der Waals surface area contributed by atoms with Crippen molar-refractivity contribution in [1.82, 2.24) is 19.9 Å². The fourth-order valence-corrected chi connectivity index (χ4v) is 9.74. The molecule has 1 aromatic heterocycles. The van der Waals surface area contributed by atoms with Gasteiger partial charge in [-0.1, -0.05) is 82.6 Å². The molecule has 2 heterocycles. The van der Waals surface area contributed by atoms with Gasteiger partial charge in [-0.15, -0.1) is 6.58 Å². The maximum absolute atomic E-state index is 15.0. The Bertz CT molecular complexity index is 2510. The van der Waals surface area contributed by atoms with Gasteiger partial charge in [-0.3, -0.25) is 23.9 Å². The molecule has 15 heteroatoms. The Morgan fingerprint density at radius 2 is 1.69 bits per heavy atom. The average Bonchev–Trinajstić information content (AvgIpc) is 4.16. The van der Waals surface area contributed by atoms with Crippen LogP contribution >= 0.6 is 11.6 Å². The van der Waals surface area contributed by atoms with Crippen molar-refractivity contribution in [2.45, 2.75) is 101 Å². The number of ether oxygens (including phenoxy) is 2. The number of carbonyl (C=O) groups excluding carboxylic acids is 4. The van der Waals surface area contributed by atoms with Crippen molar-refractivity contribution in [2.24, 2.45) is 11.3 Å². The second kappa shape index (κ2) is 17.0. The van der Waals surface area contributed by atoms with Crippen molar-refractivity contribution in [2.75, 3.05) is 19.0 Å². The van der Waals surface area contributed by atoms with Crippen LogP contribution in [0.2, 0.25) is 5.02 Å². The number of carbonyl (C=O) groups is 4. The molecule has 4 aromatic rings. The number of methoxy groups -OCH3 is 1. The van der Waals surface area contributed by atoms with E-state index in [-0.39, 0.29) is 36.5 Å². The zero-order valence-corrected chi connectivity index (χ0v) is 37.4. The maximum Gasteiger partial charge on any atom is 0.259 e. The molecule has 0 spiro atoms. The number of anilines is 1. The predicted molar refractivity (Wildman–Crippen MR) is 239 cm³/mol. The normalized spacial score (nSPS) is 21.7. The van der Waals surface area contributed by atoms with Crippen molar-refractivity contribution >= 4 is 61.6 Å². The van der Waals surface area contributed by atoms with E-state index in [0.717, 1.165) is 5.56 Å². The third-order valence-corrected chi connectivity index (χ3v) is 14.2. The first-order chi connectivity index (χ1) is 29.3. The van der Waals surface area contributed by atoms with Crippen molar-refractivity contribution < 1.29 is 37.1 Å². The van der Waals surface area contributed by atoms with E-state index in [9.17, 15) is 27.6 Å². The molecule has 2 aliphatic carbocycles. The standard InChI is InChI=1S/C47H54ClN5O8S/c1-8-29-24-47(29,44(57)52-62(58,59)34-19-20-34)51-41(55)37-23-33(61-42-36-22-31(48)16-21-35(36)39(60-7)26-49-42)27-53(37)43(56)40(45(2,3)4)50-32-17-14-28(15-18-32)38(54)25-46(5,6)30-12-10-9-11-13-30/h8-18,21-22,26,29,33-34,37,40,50H,1,19-20,23-25,27H2,2-7H3,(H,51,55)(H,52,57)/t29-,33-,37+,40?,47-/m1/s1. The number of likely N-dealkylation sites (tertiary alicyclic amines) is 1. The van der Waals surface area contributed by atoms with E-state index in [1.165, 1.54) is 24.3 Å². The lowest BCUT2D eigenvalue weighted by atomic mass is 9.79. The number of hydrogen-bond acceptors (Lipinski definition) is 10. The number of Topliss-reactive ketones (excluding diaryl/α,β-unsaturated/α-hetero) is 1. The Kier molecular flexibility index (Phi) is 12.2. The maximum atomic E-state index is 15.0. The largest absolute Gasteiger partial charge is 0.494 e. The summed E-state index contributed by atoms with van der Waals surface area (Å²) in [5, 5.41) is 7.29. The van der Waals surface area contributed by atoms with Crippen LogP contribution < -0.4 is 24.8 Å². The monoisotopic (exact) mass is 883 g/mol. The number of benzene rings is 3. The van der Waals surface area contributed by atoms with Gasteiger partial charge in [0, 0.05) is 45.8 Å². The lowest BCUT2D eigenvalue weighted by Crippen LogP contribution is -2.58. The zero-order valence-electron chi connectivity index (χ0n) is 35.9. The number of hydrogen-bond donors (Lipinski definition) is 3. The van der Waals surface area contributed by atoms with E-state index >= 15 is 0 Å². The van der Waals surface area contributed by atoms with Crippen molar-refractivity contribution in [3.05, 3.63) is 108 Å². The smallest absolute Gasteiger partial charge is 0.259 e. The number of sulfonamides is 1. The summed E-state index contributed by atoms with van der Waals surface area (Å²) in [4.78, 5) is 62.6. The van der Waals surface area contributed by atoms with Crippen molar-refractivity contribution in [1.29, 1.82) is 0 Å². The minimum Gasteiger partial charge on any atom is -0.494 e. The summed E-state index contributed by atoms with van der Waals surface area (Å²) >= 11 is 6.40. The van der Waals surface area contributed by atoms with Gasteiger partial charge in [-0.05, 0) is 78.1 Å². The quantitative estimate of drug-likeness (QED) is 0.0787. The second-order valence-corrected chi connectivity index (χ2v) is 20.8. The highest BCUT2D eigenvalue weighted by molar-refractivity contribution is 7.91. The minimum atomic E-state index is -3.92. The van der Waals surface area contributed by atoms with E-state index in [1.807, 2.05) is 65.0 Å². The van der Waals surface area contributed by atoms with Crippen LogP contribution in [0.1, 0.15) is 82.6 Å². The Balaban J connectivity index is 1.15. The molecule has 5 atom stereocenters. The molecule has 1 unspecified atom stereocenters. The summed E-state index contributed by atoms with van der Waals surface area (Å²) in [6.45, 7) is 13.6. The fourth-order valence-electron chi connectivity index (χ4n) is 8.20. The molecule has 62 heavy (non-hydrogen) atoms. The lowest BCUT2D eigenvalue weighted by Gasteiger charge is -2.36. The Morgan fingerprint density at radius 3 is 2.31 bits per heavy atom. The fraction of sp³-hybridized carbons (Fsp3) is 0.426. The molecule has 328 valence electrons. The molecule has 1 aliphatic heterocycles. The molecule has 7 rings (SSSR count). The number of nitrogens with one attached hydrogen (secondary N) is 3. The van der Waals surface area contributed by atoms with E-state index in [4.69, 9.17) is 21.1 Å². The molecule has 3 amide bonds. The van der Waals surface area contributed by atoms with Crippen LogP contribution in [0, 0.1) is 11.3 Å². The minimum absolute atomic E-state index is 0.0156. The number of rotatable bonds is 16. The Morgan fingerprint density at radius 1 is 1.00 bits per heavy atom. The number of nitrogens with zero attached hydrogens (tertiary/aromatic N) is 2. The summed E-state index contributed by atoms with van der Waals surface area (Å²) in [6.07, 6.45) is 3.68. The highest BCUT2D eigenvalue weighted by Crippen LogP contribution is 2.46.